The maximum Gasteiger partial charge on any atom is 0.227 e. The molecule has 0 N–H and O–H groups in total. The van der Waals surface area contributed by atoms with Crippen LogP contribution in [0, 0.1) is 0 Å². The van der Waals surface area contributed by atoms with Gasteiger partial charge in [0.15, 0.2) is 0 Å². The highest BCUT2D eigenvalue weighted by Crippen LogP contribution is 2.38. The van der Waals surface area contributed by atoms with Crippen LogP contribution in [-0.2, 0) is 17.8 Å². The first-order valence-corrected chi connectivity index (χ1v) is 7.64. The van der Waals surface area contributed by atoms with Gasteiger partial charge in [-0.15, -0.1) is 0 Å². The van der Waals surface area contributed by atoms with Crippen LogP contribution in [0.3, 0.4) is 0 Å². The molecule has 0 spiro atoms. The third kappa shape index (κ3) is 2.60. The van der Waals surface area contributed by atoms with Crippen molar-refractivity contribution in [1.82, 2.24) is 0 Å². The number of halogens is 2. The van der Waals surface area contributed by atoms with Crippen molar-refractivity contribution in [3.05, 3.63) is 63.1 Å². The van der Waals surface area contributed by atoms with E-state index in [0.29, 0.717) is 18.0 Å². The second-order valence-electron chi connectivity index (χ2n) is 4.86. The Labute approximate surface area is 131 Å². The molecule has 0 aliphatic carbocycles. The normalized spacial score (nSPS) is 14.3. The molecule has 4 heteroatoms. The second-order valence-corrected chi connectivity index (χ2v) is 6.18. The molecule has 3 rings (SSSR count). The lowest BCUT2D eigenvalue weighted by atomic mass is 10.0. The van der Waals surface area contributed by atoms with Gasteiger partial charge in [-0.05, 0) is 29.7 Å². The summed E-state index contributed by atoms with van der Waals surface area (Å²) in [5.41, 5.74) is 3.09. The Hall–Kier alpha value is -1.32. The third-order valence-corrected chi connectivity index (χ3v) is 4.22. The van der Waals surface area contributed by atoms with Gasteiger partial charge in [0.25, 0.3) is 0 Å². The highest BCUT2D eigenvalue weighted by molar-refractivity contribution is 9.10. The Morgan fingerprint density at radius 3 is 2.65 bits per heavy atom. The Morgan fingerprint density at radius 1 is 1.15 bits per heavy atom. The summed E-state index contributed by atoms with van der Waals surface area (Å²) < 4.78 is 0.954. The standard InChI is InChI=1S/C16H13BrClNO/c17-13-8-12-6-7-15(20)19(16(12)14(18)9-13)10-11-4-2-1-3-5-11/h1-5,8-9H,6-7,10H2. The van der Waals surface area contributed by atoms with E-state index >= 15 is 0 Å². The smallest absolute Gasteiger partial charge is 0.227 e. The maximum absolute atomic E-state index is 12.3. The van der Waals surface area contributed by atoms with E-state index in [-0.39, 0.29) is 5.91 Å². The summed E-state index contributed by atoms with van der Waals surface area (Å²) in [5, 5.41) is 0.623. The molecule has 0 saturated heterocycles. The van der Waals surface area contributed by atoms with Crippen LogP contribution in [0.5, 0.6) is 0 Å². The lowest BCUT2D eigenvalue weighted by Crippen LogP contribution is -2.34. The van der Waals surface area contributed by atoms with E-state index < -0.39 is 0 Å². The Balaban J connectivity index is 2.02. The van der Waals surface area contributed by atoms with Crippen molar-refractivity contribution in [3.8, 4) is 0 Å². The van der Waals surface area contributed by atoms with Crippen molar-refractivity contribution < 1.29 is 4.79 Å². The molecule has 1 aliphatic rings. The van der Waals surface area contributed by atoms with Gasteiger partial charge < -0.3 is 4.90 Å². The number of nitrogens with zero attached hydrogens (tertiary/aromatic N) is 1. The third-order valence-electron chi connectivity index (χ3n) is 3.47. The van der Waals surface area contributed by atoms with E-state index in [2.05, 4.69) is 15.9 Å². The molecule has 0 atom stereocenters. The fourth-order valence-corrected chi connectivity index (χ4v) is 3.52. The van der Waals surface area contributed by atoms with E-state index in [1.165, 1.54) is 0 Å². The van der Waals surface area contributed by atoms with Gasteiger partial charge in [-0.25, -0.2) is 0 Å². The number of aryl methyl sites for hydroxylation is 1. The molecule has 1 amide bonds. The number of benzene rings is 2. The number of anilines is 1. The van der Waals surface area contributed by atoms with Crippen LogP contribution in [0.4, 0.5) is 5.69 Å². The minimum Gasteiger partial charge on any atom is -0.306 e. The van der Waals surface area contributed by atoms with Gasteiger partial charge in [0, 0.05) is 10.9 Å². The van der Waals surface area contributed by atoms with Crippen LogP contribution in [0.1, 0.15) is 17.5 Å². The van der Waals surface area contributed by atoms with Crippen LogP contribution in [-0.4, -0.2) is 5.91 Å². The second kappa shape index (κ2) is 5.58. The topological polar surface area (TPSA) is 20.3 Å². The van der Waals surface area contributed by atoms with Crippen molar-refractivity contribution in [2.24, 2.45) is 0 Å². The molecule has 2 nitrogen and oxygen atoms in total. The van der Waals surface area contributed by atoms with Crippen LogP contribution < -0.4 is 4.90 Å². The lowest BCUT2D eigenvalue weighted by molar-refractivity contribution is -0.119. The largest absolute Gasteiger partial charge is 0.306 e. The van der Waals surface area contributed by atoms with Gasteiger partial charge >= 0.3 is 0 Å². The summed E-state index contributed by atoms with van der Waals surface area (Å²) >= 11 is 9.81. The lowest BCUT2D eigenvalue weighted by Gasteiger charge is -2.30. The molecule has 1 aliphatic heterocycles. The van der Waals surface area contributed by atoms with Crippen LogP contribution in [0.2, 0.25) is 5.02 Å². The fraction of sp³-hybridized carbons (Fsp3) is 0.188. The van der Waals surface area contributed by atoms with Crippen molar-refractivity contribution in [2.75, 3.05) is 4.90 Å². The van der Waals surface area contributed by atoms with Gasteiger partial charge in [0.05, 0.1) is 17.3 Å². The zero-order valence-electron chi connectivity index (χ0n) is 10.8. The molecule has 0 radical (unpaired) electrons. The van der Waals surface area contributed by atoms with Gasteiger partial charge in [0.2, 0.25) is 5.91 Å². The van der Waals surface area contributed by atoms with Crippen molar-refractivity contribution in [1.29, 1.82) is 0 Å². The molecule has 0 fully saturated rings. The van der Waals surface area contributed by atoms with Crippen molar-refractivity contribution in [2.45, 2.75) is 19.4 Å². The Kier molecular flexibility index (Phi) is 3.81. The number of rotatable bonds is 2. The van der Waals surface area contributed by atoms with Gasteiger partial charge in [-0.2, -0.15) is 0 Å². The molecular formula is C16H13BrClNO. The monoisotopic (exact) mass is 349 g/mol. The number of amides is 1. The van der Waals surface area contributed by atoms with E-state index in [9.17, 15) is 4.79 Å². The molecule has 20 heavy (non-hydrogen) atoms. The molecule has 0 bridgehead atoms. The van der Waals surface area contributed by atoms with E-state index in [1.54, 1.807) is 4.90 Å². The van der Waals surface area contributed by atoms with Crippen LogP contribution in [0.15, 0.2) is 46.9 Å². The molecular weight excluding hydrogens is 338 g/mol. The van der Waals surface area contributed by atoms with Gasteiger partial charge in [-0.1, -0.05) is 57.9 Å². The van der Waals surface area contributed by atoms with Crippen LogP contribution >= 0.6 is 27.5 Å². The molecule has 0 unspecified atom stereocenters. The van der Waals surface area contributed by atoms with Gasteiger partial charge in [-0.3, -0.25) is 4.79 Å². The van der Waals surface area contributed by atoms with Crippen molar-refractivity contribution >= 4 is 39.1 Å². The Morgan fingerprint density at radius 2 is 1.90 bits per heavy atom. The average Bonchev–Trinajstić information content (AvgIpc) is 2.43. The summed E-state index contributed by atoms with van der Waals surface area (Å²) in [6.45, 7) is 0.564. The molecule has 0 aromatic heterocycles. The summed E-state index contributed by atoms with van der Waals surface area (Å²) in [5.74, 6) is 0.130. The number of carbonyl (C=O) groups is 1. The van der Waals surface area contributed by atoms with E-state index in [1.807, 2.05) is 42.5 Å². The summed E-state index contributed by atoms with van der Waals surface area (Å²) in [4.78, 5) is 14.0. The number of hydrogen-bond donors (Lipinski definition) is 0. The van der Waals surface area contributed by atoms with Crippen molar-refractivity contribution in [3.63, 3.8) is 0 Å². The predicted molar refractivity (Wildman–Crippen MR) is 85.1 cm³/mol. The van der Waals surface area contributed by atoms with E-state index in [4.69, 9.17) is 11.6 Å². The highest BCUT2D eigenvalue weighted by Gasteiger charge is 2.26. The number of fused-ring (bicyclic) bond motifs is 1. The molecule has 1 heterocycles. The molecule has 102 valence electrons. The predicted octanol–water partition coefficient (Wildman–Crippen LogP) is 4.58. The maximum atomic E-state index is 12.3. The summed E-state index contributed by atoms with van der Waals surface area (Å²) in [7, 11) is 0. The highest BCUT2D eigenvalue weighted by atomic mass is 79.9. The van der Waals surface area contributed by atoms with Crippen LogP contribution in [0.25, 0.3) is 0 Å². The Bertz CT molecular complexity index is 657. The number of hydrogen-bond acceptors (Lipinski definition) is 1. The minimum absolute atomic E-state index is 0.130. The average molecular weight is 351 g/mol. The SMILES string of the molecule is O=C1CCc2cc(Br)cc(Cl)c2N1Cc1ccccc1. The van der Waals surface area contributed by atoms with Gasteiger partial charge in [0.1, 0.15) is 0 Å². The number of carbonyl (C=O) groups excluding carboxylic acids is 1. The molecule has 0 saturated carbocycles. The first kappa shape index (κ1) is 13.7. The zero-order valence-corrected chi connectivity index (χ0v) is 13.1. The first-order chi connectivity index (χ1) is 9.65. The summed E-state index contributed by atoms with van der Waals surface area (Å²) in [6.07, 6.45) is 1.28. The molecule has 2 aromatic rings. The molecule has 2 aromatic carbocycles. The minimum atomic E-state index is 0.130. The van der Waals surface area contributed by atoms with E-state index in [0.717, 1.165) is 27.7 Å². The fourth-order valence-electron chi connectivity index (χ4n) is 2.55. The zero-order chi connectivity index (χ0) is 14.1. The first-order valence-electron chi connectivity index (χ1n) is 6.47. The summed E-state index contributed by atoms with van der Waals surface area (Å²) in [6, 6.07) is 13.9. The quantitative estimate of drug-likeness (QED) is 0.776.